The number of amides is 2. The van der Waals surface area contributed by atoms with Gasteiger partial charge in [-0.2, -0.15) is 0 Å². The molecule has 0 aliphatic heterocycles. The molecule has 0 unspecified atom stereocenters. The maximum absolute atomic E-state index is 12.1. The lowest BCUT2D eigenvalue weighted by Crippen LogP contribution is -2.24. The summed E-state index contributed by atoms with van der Waals surface area (Å²) in [6, 6.07) is 10.5. The van der Waals surface area contributed by atoms with Crippen LogP contribution in [0.3, 0.4) is 0 Å². The van der Waals surface area contributed by atoms with Gasteiger partial charge in [0.05, 0.1) is 5.69 Å². The summed E-state index contributed by atoms with van der Waals surface area (Å²) in [5.74, 6) is 0.813. The Hall–Kier alpha value is -2.49. The molecule has 3 rings (SSSR count). The number of carbonyl (C=O) groups is 1. The van der Waals surface area contributed by atoms with Gasteiger partial charge in [0.1, 0.15) is 5.75 Å². The number of phenols is 1. The lowest BCUT2D eigenvalue weighted by Gasteiger charge is -2.12. The third-order valence-electron chi connectivity index (χ3n) is 4.58. The molecule has 1 saturated carbocycles. The van der Waals surface area contributed by atoms with Gasteiger partial charge in [-0.15, -0.1) is 0 Å². The number of urea groups is 1. The van der Waals surface area contributed by atoms with Crippen LogP contribution in [0.15, 0.2) is 48.2 Å². The van der Waals surface area contributed by atoms with Crippen molar-refractivity contribution in [3.05, 3.63) is 48.2 Å². The second-order valence-corrected chi connectivity index (χ2v) is 6.15. The Bertz CT molecular complexity index is 746. The molecule has 0 radical (unpaired) electrons. The van der Waals surface area contributed by atoms with Crippen LogP contribution in [0.1, 0.15) is 32.6 Å². The lowest BCUT2D eigenvalue weighted by molar-refractivity contribution is 0.255. The van der Waals surface area contributed by atoms with Crippen molar-refractivity contribution in [1.82, 2.24) is 5.32 Å². The topological polar surface area (TPSA) is 61.4 Å². The number of phenolic OH excluding ortho intramolecular Hbond substituents is 1. The van der Waals surface area contributed by atoms with Crippen molar-refractivity contribution in [2.24, 2.45) is 5.92 Å². The van der Waals surface area contributed by atoms with E-state index in [1.54, 1.807) is 12.1 Å². The minimum absolute atomic E-state index is 0.212. The molecule has 2 amide bonds. The summed E-state index contributed by atoms with van der Waals surface area (Å²) in [5.41, 5.74) is 1.91. The molecule has 2 aromatic carbocycles. The Labute approximate surface area is 136 Å². The minimum Gasteiger partial charge on any atom is -0.507 e. The predicted octanol–water partition coefficient (Wildman–Crippen LogP) is 4.76. The molecule has 0 bridgehead atoms. The van der Waals surface area contributed by atoms with Crippen molar-refractivity contribution >= 4 is 22.5 Å². The highest BCUT2D eigenvalue weighted by molar-refractivity contribution is 6.03. The molecule has 0 aromatic heterocycles. The lowest BCUT2D eigenvalue weighted by atomic mass is 10.0. The molecule has 3 N–H and O–H groups in total. The monoisotopic (exact) mass is 310 g/mol. The Kier molecular flexibility index (Phi) is 4.51. The van der Waals surface area contributed by atoms with E-state index in [2.05, 4.69) is 17.6 Å². The van der Waals surface area contributed by atoms with Gasteiger partial charge in [0, 0.05) is 17.0 Å². The molecule has 4 nitrogen and oxygen atoms in total. The molecule has 0 spiro atoms. The zero-order valence-corrected chi connectivity index (χ0v) is 13.3. The number of anilines is 1. The van der Waals surface area contributed by atoms with Crippen LogP contribution in [0.25, 0.3) is 10.8 Å². The van der Waals surface area contributed by atoms with Gasteiger partial charge in [-0.1, -0.05) is 42.7 Å². The second kappa shape index (κ2) is 6.73. The van der Waals surface area contributed by atoms with Crippen molar-refractivity contribution in [2.75, 3.05) is 5.32 Å². The molecule has 0 saturated heterocycles. The van der Waals surface area contributed by atoms with Gasteiger partial charge in [0.2, 0.25) is 0 Å². The molecule has 0 heterocycles. The van der Waals surface area contributed by atoms with Gasteiger partial charge in [-0.3, -0.25) is 0 Å². The number of hydrogen-bond acceptors (Lipinski definition) is 2. The van der Waals surface area contributed by atoms with Crippen molar-refractivity contribution in [3.8, 4) is 5.75 Å². The summed E-state index contributed by atoms with van der Waals surface area (Å²) in [6.45, 7) is 2.08. The molecule has 1 aliphatic rings. The van der Waals surface area contributed by atoms with E-state index in [1.807, 2.05) is 30.5 Å². The SMILES string of the molecule is C/C(=C\NC(=O)Nc1cccc2c(O)cccc12)C1CCCC1. The third kappa shape index (κ3) is 3.47. The van der Waals surface area contributed by atoms with Crippen molar-refractivity contribution < 1.29 is 9.90 Å². The average Bonchev–Trinajstić information content (AvgIpc) is 3.08. The fraction of sp³-hybridized carbons (Fsp3) is 0.316. The molecule has 4 heteroatoms. The first-order valence-electron chi connectivity index (χ1n) is 8.10. The molecule has 1 fully saturated rings. The summed E-state index contributed by atoms with van der Waals surface area (Å²) in [6.07, 6.45) is 6.81. The zero-order valence-electron chi connectivity index (χ0n) is 13.3. The summed E-state index contributed by atoms with van der Waals surface area (Å²) in [4.78, 5) is 12.1. The number of aromatic hydroxyl groups is 1. The van der Waals surface area contributed by atoms with Gasteiger partial charge in [0.25, 0.3) is 0 Å². The Balaban J connectivity index is 1.71. The summed E-state index contributed by atoms with van der Waals surface area (Å²) >= 11 is 0. The van der Waals surface area contributed by atoms with E-state index in [0.29, 0.717) is 11.6 Å². The quantitative estimate of drug-likeness (QED) is 0.765. The number of carbonyl (C=O) groups excluding carboxylic acids is 1. The predicted molar refractivity (Wildman–Crippen MR) is 93.5 cm³/mol. The van der Waals surface area contributed by atoms with Gasteiger partial charge < -0.3 is 15.7 Å². The van der Waals surface area contributed by atoms with Crippen LogP contribution in [0.4, 0.5) is 10.5 Å². The first-order valence-corrected chi connectivity index (χ1v) is 8.10. The second-order valence-electron chi connectivity index (χ2n) is 6.15. The Morgan fingerprint density at radius 2 is 1.83 bits per heavy atom. The minimum atomic E-state index is -0.266. The van der Waals surface area contributed by atoms with E-state index in [0.717, 1.165) is 10.8 Å². The van der Waals surface area contributed by atoms with Crippen LogP contribution in [0.5, 0.6) is 5.75 Å². The van der Waals surface area contributed by atoms with Crippen LogP contribution in [0, 0.1) is 5.92 Å². The first-order chi connectivity index (χ1) is 11.1. The molecule has 1 aliphatic carbocycles. The van der Waals surface area contributed by atoms with E-state index in [1.165, 1.54) is 31.3 Å². The number of nitrogens with one attached hydrogen (secondary N) is 2. The van der Waals surface area contributed by atoms with Crippen LogP contribution < -0.4 is 10.6 Å². The first kappa shape index (κ1) is 15.4. The van der Waals surface area contributed by atoms with Crippen molar-refractivity contribution in [1.29, 1.82) is 0 Å². The summed E-state index contributed by atoms with van der Waals surface area (Å²) < 4.78 is 0. The van der Waals surface area contributed by atoms with Crippen molar-refractivity contribution in [2.45, 2.75) is 32.6 Å². The number of allylic oxidation sites excluding steroid dienone is 1. The molecule has 23 heavy (non-hydrogen) atoms. The Morgan fingerprint density at radius 1 is 1.13 bits per heavy atom. The third-order valence-corrected chi connectivity index (χ3v) is 4.58. The smallest absolute Gasteiger partial charge is 0.323 e. The number of benzene rings is 2. The van der Waals surface area contributed by atoms with E-state index < -0.39 is 0 Å². The molecule has 0 atom stereocenters. The zero-order chi connectivity index (χ0) is 16.2. The van der Waals surface area contributed by atoms with Gasteiger partial charge in [-0.25, -0.2) is 4.79 Å². The summed E-state index contributed by atoms with van der Waals surface area (Å²) in [5, 5.41) is 17.1. The maximum Gasteiger partial charge on any atom is 0.323 e. The Morgan fingerprint density at radius 3 is 2.61 bits per heavy atom. The largest absolute Gasteiger partial charge is 0.507 e. The summed E-state index contributed by atoms with van der Waals surface area (Å²) in [7, 11) is 0. The van der Waals surface area contributed by atoms with Crippen LogP contribution in [-0.2, 0) is 0 Å². The van der Waals surface area contributed by atoms with Crippen LogP contribution in [-0.4, -0.2) is 11.1 Å². The highest BCUT2D eigenvalue weighted by Gasteiger charge is 2.16. The fourth-order valence-electron chi connectivity index (χ4n) is 3.24. The van der Waals surface area contributed by atoms with E-state index in [-0.39, 0.29) is 11.8 Å². The van der Waals surface area contributed by atoms with Crippen LogP contribution in [0.2, 0.25) is 0 Å². The molecule has 120 valence electrons. The van der Waals surface area contributed by atoms with Gasteiger partial charge in [0.15, 0.2) is 0 Å². The number of hydrogen-bond donors (Lipinski definition) is 3. The standard InChI is InChI=1S/C19H22N2O2/c1-13(14-6-2-3-7-14)12-20-19(23)21-17-10-4-9-16-15(17)8-5-11-18(16)22/h4-5,8-12,14,22H,2-3,6-7H2,1H3,(H2,20,21,23)/b13-12+. The van der Waals surface area contributed by atoms with E-state index in [4.69, 9.17) is 0 Å². The van der Waals surface area contributed by atoms with E-state index in [9.17, 15) is 9.90 Å². The maximum atomic E-state index is 12.1. The number of fused-ring (bicyclic) bond motifs is 1. The van der Waals surface area contributed by atoms with Crippen molar-refractivity contribution in [3.63, 3.8) is 0 Å². The van der Waals surface area contributed by atoms with E-state index >= 15 is 0 Å². The fourth-order valence-corrected chi connectivity index (χ4v) is 3.24. The highest BCUT2D eigenvalue weighted by atomic mass is 16.3. The highest BCUT2D eigenvalue weighted by Crippen LogP contribution is 2.31. The van der Waals surface area contributed by atoms with Gasteiger partial charge in [-0.05, 0) is 37.8 Å². The molecular weight excluding hydrogens is 288 g/mol. The normalized spacial score (nSPS) is 15.8. The number of rotatable bonds is 3. The van der Waals surface area contributed by atoms with Crippen LogP contribution >= 0.6 is 0 Å². The molecular formula is C19H22N2O2. The van der Waals surface area contributed by atoms with Gasteiger partial charge >= 0.3 is 6.03 Å². The molecule has 2 aromatic rings. The average molecular weight is 310 g/mol.